The van der Waals surface area contributed by atoms with Crippen molar-refractivity contribution in [1.82, 2.24) is 9.80 Å². The standard InChI is InChI=1S/C19H34N2O2/c1-3-12-23-17-4-8-20(9-5-17)15-18(22)21-10-6-19(7-11-21)13-16(2)14-19/h16-17H,3-15H2,1-2H3. The number of carbonyl (C=O) groups is 1. The van der Waals surface area contributed by atoms with Gasteiger partial charge in [-0.2, -0.15) is 0 Å². The van der Waals surface area contributed by atoms with E-state index in [4.69, 9.17) is 4.74 Å². The molecule has 0 N–H and O–H groups in total. The van der Waals surface area contributed by atoms with Crippen LogP contribution in [0.3, 0.4) is 0 Å². The molecule has 0 aromatic rings. The van der Waals surface area contributed by atoms with Crippen molar-refractivity contribution in [2.45, 2.75) is 64.9 Å². The summed E-state index contributed by atoms with van der Waals surface area (Å²) >= 11 is 0. The Balaban J connectivity index is 1.36. The van der Waals surface area contributed by atoms with Crippen molar-refractivity contribution in [2.75, 3.05) is 39.3 Å². The van der Waals surface area contributed by atoms with Crippen molar-refractivity contribution < 1.29 is 9.53 Å². The normalized spacial score (nSPS) is 26.4. The second-order valence-electron chi connectivity index (χ2n) is 8.24. The molecule has 1 spiro atoms. The van der Waals surface area contributed by atoms with Gasteiger partial charge in [0.2, 0.25) is 5.91 Å². The average Bonchev–Trinajstić information content (AvgIpc) is 2.53. The number of nitrogens with zero attached hydrogens (tertiary/aromatic N) is 2. The van der Waals surface area contributed by atoms with Gasteiger partial charge in [0.05, 0.1) is 12.6 Å². The van der Waals surface area contributed by atoms with E-state index in [0.717, 1.165) is 58.0 Å². The Morgan fingerprint density at radius 3 is 2.35 bits per heavy atom. The number of hydrogen-bond donors (Lipinski definition) is 0. The Labute approximate surface area is 141 Å². The SMILES string of the molecule is CCCOC1CCN(CC(=O)N2CCC3(CC2)CC(C)C3)CC1. The largest absolute Gasteiger partial charge is 0.378 e. The summed E-state index contributed by atoms with van der Waals surface area (Å²) in [5.74, 6) is 1.26. The highest BCUT2D eigenvalue weighted by Gasteiger charge is 2.44. The molecule has 0 unspecified atom stereocenters. The van der Waals surface area contributed by atoms with E-state index in [-0.39, 0.29) is 0 Å². The third-order valence-electron chi connectivity index (χ3n) is 6.19. The molecule has 1 amide bonds. The Bertz CT molecular complexity index is 388. The van der Waals surface area contributed by atoms with Gasteiger partial charge in [-0.3, -0.25) is 9.69 Å². The first-order chi connectivity index (χ1) is 11.1. The molecule has 3 aliphatic rings. The van der Waals surface area contributed by atoms with Gasteiger partial charge < -0.3 is 9.64 Å². The minimum atomic E-state index is 0.347. The molecule has 1 saturated carbocycles. The lowest BCUT2D eigenvalue weighted by Crippen LogP contribution is -2.51. The molecule has 132 valence electrons. The molecule has 2 heterocycles. The molecule has 2 aliphatic heterocycles. The van der Waals surface area contributed by atoms with Crippen LogP contribution in [0, 0.1) is 11.3 Å². The number of ether oxygens (including phenoxy) is 1. The number of hydrogen-bond acceptors (Lipinski definition) is 3. The fourth-order valence-electron chi connectivity index (χ4n) is 4.87. The van der Waals surface area contributed by atoms with Crippen LogP contribution in [-0.4, -0.2) is 61.1 Å². The summed E-state index contributed by atoms with van der Waals surface area (Å²) in [4.78, 5) is 17.0. The van der Waals surface area contributed by atoms with Gasteiger partial charge >= 0.3 is 0 Å². The number of piperidine rings is 2. The molecule has 4 nitrogen and oxygen atoms in total. The maximum absolute atomic E-state index is 12.6. The van der Waals surface area contributed by atoms with Crippen LogP contribution in [-0.2, 0) is 9.53 Å². The van der Waals surface area contributed by atoms with Crippen molar-refractivity contribution in [1.29, 1.82) is 0 Å². The van der Waals surface area contributed by atoms with E-state index in [1.807, 2.05) is 0 Å². The van der Waals surface area contributed by atoms with E-state index in [9.17, 15) is 4.79 Å². The minimum Gasteiger partial charge on any atom is -0.378 e. The Kier molecular flexibility index (Phi) is 5.63. The summed E-state index contributed by atoms with van der Waals surface area (Å²) in [7, 11) is 0. The summed E-state index contributed by atoms with van der Waals surface area (Å²) in [5, 5.41) is 0. The van der Waals surface area contributed by atoms with Gasteiger partial charge in [0.25, 0.3) is 0 Å². The molecule has 3 rings (SSSR count). The zero-order valence-corrected chi connectivity index (χ0v) is 15.1. The zero-order valence-electron chi connectivity index (χ0n) is 15.1. The summed E-state index contributed by atoms with van der Waals surface area (Å²) in [6, 6.07) is 0. The first-order valence-electron chi connectivity index (χ1n) is 9.72. The van der Waals surface area contributed by atoms with Crippen LogP contribution in [0.5, 0.6) is 0 Å². The molecule has 2 saturated heterocycles. The third-order valence-corrected chi connectivity index (χ3v) is 6.19. The fourth-order valence-corrected chi connectivity index (χ4v) is 4.87. The van der Waals surface area contributed by atoms with Gasteiger partial charge in [0.15, 0.2) is 0 Å². The highest BCUT2D eigenvalue weighted by molar-refractivity contribution is 5.78. The number of likely N-dealkylation sites (tertiary alicyclic amines) is 2. The van der Waals surface area contributed by atoms with Crippen molar-refractivity contribution >= 4 is 5.91 Å². The molecular weight excluding hydrogens is 288 g/mol. The summed E-state index contributed by atoms with van der Waals surface area (Å²) in [5.41, 5.74) is 0.602. The van der Waals surface area contributed by atoms with Crippen LogP contribution in [0.4, 0.5) is 0 Å². The van der Waals surface area contributed by atoms with Gasteiger partial charge in [-0.15, -0.1) is 0 Å². The van der Waals surface area contributed by atoms with E-state index in [1.54, 1.807) is 0 Å². The highest BCUT2D eigenvalue weighted by atomic mass is 16.5. The summed E-state index contributed by atoms with van der Waals surface area (Å²) in [6.07, 6.45) is 8.90. The zero-order chi connectivity index (χ0) is 16.3. The average molecular weight is 322 g/mol. The molecular formula is C19H34N2O2. The lowest BCUT2D eigenvalue weighted by Gasteiger charge is -2.51. The number of carbonyl (C=O) groups excluding carboxylic acids is 1. The highest BCUT2D eigenvalue weighted by Crippen LogP contribution is 2.52. The van der Waals surface area contributed by atoms with Gasteiger partial charge in [0.1, 0.15) is 0 Å². The molecule has 0 aromatic heterocycles. The van der Waals surface area contributed by atoms with Crippen molar-refractivity contribution in [2.24, 2.45) is 11.3 Å². The predicted octanol–water partition coefficient (Wildman–Crippen LogP) is 2.92. The Morgan fingerprint density at radius 2 is 1.78 bits per heavy atom. The summed E-state index contributed by atoms with van der Waals surface area (Å²) < 4.78 is 5.83. The van der Waals surface area contributed by atoms with Gasteiger partial charge in [-0.1, -0.05) is 13.8 Å². The van der Waals surface area contributed by atoms with E-state index in [0.29, 0.717) is 24.0 Å². The molecule has 1 aliphatic carbocycles. The Hall–Kier alpha value is -0.610. The van der Waals surface area contributed by atoms with Crippen molar-refractivity contribution in [3.05, 3.63) is 0 Å². The van der Waals surface area contributed by atoms with Gasteiger partial charge in [-0.05, 0) is 56.3 Å². The van der Waals surface area contributed by atoms with Crippen molar-refractivity contribution in [3.63, 3.8) is 0 Å². The first-order valence-corrected chi connectivity index (χ1v) is 9.72. The molecule has 0 bridgehead atoms. The maximum atomic E-state index is 12.6. The minimum absolute atomic E-state index is 0.347. The van der Waals surface area contributed by atoms with Crippen LogP contribution < -0.4 is 0 Å². The lowest BCUT2D eigenvalue weighted by atomic mass is 9.58. The maximum Gasteiger partial charge on any atom is 0.236 e. The molecule has 4 heteroatoms. The molecule has 23 heavy (non-hydrogen) atoms. The second-order valence-corrected chi connectivity index (χ2v) is 8.24. The number of amides is 1. The topological polar surface area (TPSA) is 32.8 Å². The fraction of sp³-hybridized carbons (Fsp3) is 0.947. The van der Waals surface area contributed by atoms with Crippen LogP contribution in [0.2, 0.25) is 0 Å². The number of rotatable bonds is 5. The molecule has 0 atom stereocenters. The van der Waals surface area contributed by atoms with Crippen molar-refractivity contribution in [3.8, 4) is 0 Å². The first kappa shape index (κ1) is 17.2. The third kappa shape index (κ3) is 4.27. The van der Waals surface area contributed by atoms with E-state index >= 15 is 0 Å². The predicted molar refractivity (Wildman–Crippen MR) is 92.4 cm³/mol. The van der Waals surface area contributed by atoms with E-state index < -0.39 is 0 Å². The van der Waals surface area contributed by atoms with Crippen LogP contribution in [0.15, 0.2) is 0 Å². The van der Waals surface area contributed by atoms with E-state index in [1.165, 1.54) is 25.7 Å². The lowest BCUT2D eigenvalue weighted by molar-refractivity contribution is -0.137. The van der Waals surface area contributed by atoms with Gasteiger partial charge in [0, 0.05) is 32.8 Å². The molecule has 3 fully saturated rings. The molecule has 0 radical (unpaired) electrons. The van der Waals surface area contributed by atoms with Crippen LogP contribution in [0.25, 0.3) is 0 Å². The summed E-state index contributed by atoms with van der Waals surface area (Å²) in [6.45, 7) is 9.99. The Morgan fingerprint density at radius 1 is 1.13 bits per heavy atom. The van der Waals surface area contributed by atoms with Crippen LogP contribution in [0.1, 0.15) is 58.8 Å². The van der Waals surface area contributed by atoms with Gasteiger partial charge in [-0.25, -0.2) is 0 Å². The monoisotopic (exact) mass is 322 g/mol. The second kappa shape index (κ2) is 7.52. The quantitative estimate of drug-likeness (QED) is 0.780. The smallest absolute Gasteiger partial charge is 0.236 e. The molecule has 0 aromatic carbocycles. The van der Waals surface area contributed by atoms with E-state index in [2.05, 4.69) is 23.6 Å². The van der Waals surface area contributed by atoms with Crippen LogP contribution >= 0.6 is 0 Å².